The van der Waals surface area contributed by atoms with Gasteiger partial charge < -0.3 is 4.90 Å². The Kier molecular flexibility index (Phi) is 2.84. The van der Waals surface area contributed by atoms with E-state index in [1.54, 1.807) is 10.6 Å². The third kappa shape index (κ3) is 2.07. The summed E-state index contributed by atoms with van der Waals surface area (Å²) in [4.78, 5) is 6.47. The smallest absolute Gasteiger partial charge is 0.160 e. The number of aromatic nitrogens is 3. The molecular formula is C11H12Cl2N4. The Morgan fingerprint density at radius 1 is 1.06 bits per heavy atom. The topological polar surface area (TPSA) is 33.4 Å². The van der Waals surface area contributed by atoms with Crippen molar-refractivity contribution in [3.05, 3.63) is 22.4 Å². The first-order chi connectivity index (χ1) is 8.24. The average Bonchev–Trinajstić information content (AvgIpc) is 2.74. The molecule has 1 fully saturated rings. The fourth-order valence-electron chi connectivity index (χ4n) is 2.17. The number of hydrogen-bond acceptors (Lipinski definition) is 3. The number of halogens is 2. The van der Waals surface area contributed by atoms with Gasteiger partial charge in [-0.05, 0) is 19.3 Å². The van der Waals surface area contributed by atoms with Crippen molar-refractivity contribution < 1.29 is 0 Å². The zero-order valence-corrected chi connectivity index (χ0v) is 10.7. The highest BCUT2D eigenvalue weighted by Crippen LogP contribution is 2.23. The van der Waals surface area contributed by atoms with Gasteiger partial charge in [0.05, 0.1) is 0 Å². The molecule has 0 atom stereocenters. The van der Waals surface area contributed by atoms with Crippen molar-refractivity contribution in [1.82, 2.24) is 14.6 Å². The number of anilines is 1. The van der Waals surface area contributed by atoms with Gasteiger partial charge in [0.25, 0.3) is 0 Å². The molecule has 0 aliphatic carbocycles. The van der Waals surface area contributed by atoms with Gasteiger partial charge in [-0.3, -0.25) is 0 Å². The van der Waals surface area contributed by atoms with E-state index in [0.717, 1.165) is 18.9 Å². The molecule has 4 nitrogen and oxygen atoms in total. The molecule has 0 aromatic carbocycles. The molecule has 2 aromatic heterocycles. The minimum absolute atomic E-state index is 0.396. The van der Waals surface area contributed by atoms with Crippen molar-refractivity contribution in [2.45, 2.75) is 19.3 Å². The van der Waals surface area contributed by atoms with Crippen LogP contribution in [0.2, 0.25) is 10.3 Å². The number of fused-ring (bicyclic) bond motifs is 1. The van der Waals surface area contributed by atoms with Crippen LogP contribution in [0.15, 0.2) is 12.1 Å². The third-order valence-corrected chi connectivity index (χ3v) is 3.48. The summed E-state index contributed by atoms with van der Waals surface area (Å²) in [6.45, 7) is 2.10. The lowest BCUT2D eigenvalue weighted by molar-refractivity contribution is 0.572. The maximum absolute atomic E-state index is 6.07. The van der Waals surface area contributed by atoms with Crippen LogP contribution in [-0.4, -0.2) is 27.7 Å². The Morgan fingerprint density at radius 3 is 2.59 bits per heavy atom. The maximum atomic E-state index is 6.07. The van der Waals surface area contributed by atoms with Crippen LogP contribution in [0.25, 0.3) is 5.65 Å². The number of nitrogens with zero attached hydrogens (tertiary/aromatic N) is 4. The molecule has 3 heterocycles. The van der Waals surface area contributed by atoms with Crippen LogP contribution in [0.3, 0.4) is 0 Å². The van der Waals surface area contributed by atoms with Crippen molar-refractivity contribution in [3.8, 4) is 0 Å². The summed E-state index contributed by atoms with van der Waals surface area (Å²) < 4.78 is 1.62. The standard InChI is InChI=1S/C11H12Cl2N4/c12-8-6-9(13)17-10(14-8)7-11(15-17)16-4-2-1-3-5-16/h6-7H,1-5H2. The lowest BCUT2D eigenvalue weighted by Crippen LogP contribution is -2.29. The molecule has 1 aliphatic heterocycles. The van der Waals surface area contributed by atoms with Gasteiger partial charge in [-0.25, -0.2) is 9.50 Å². The van der Waals surface area contributed by atoms with Crippen molar-refractivity contribution in [2.24, 2.45) is 0 Å². The summed E-state index contributed by atoms with van der Waals surface area (Å²) in [6.07, 6.45) is 3.74. The zero-order valence-electron chi connectivity index (χ0n) is 9.24. The second kappa shape index (κ2) is 4.35. The Morgan fingerprint density at radius 2 is 1.82 bits per heavy atom. The highest BCUT2D eigenvalue weighted by atomic mass is 35.5. The summed E-state index contributed by atoms with van der Waals surface area (Å²) in [6, 6.07) is 3.53. The van der Waals surface area contributed by atoms with E-state index in [-0.39, 0.29) is 0 Å². The summed E-state index contributed by atoms with van der Waals surface area (Å²) >= 11 is 11.9. The molecular weight excluding hydrogens is 259 g/mol. The highest BCUT2D eigenvalue weighted by molar-refractivity contribution is 6.33. The van der Waals surface area contributed by atoms with Gasteiger partial charge in [0.2, 0.25) is 0 Å². The van der Waals surface area contributed by atoms with Crippen molar-refractivity contribution in [3.63, 3.8) is 0 Å². The Labute approximate surface area is 109 Å². The SMILES string of the molecule is Clc1cc(Cl)n2nc(N3CCCCC3)cc2n1. The monoisotopic (exact) mass is 270 g/mol. The van der Waals surface area contributed by atoms with Gasteiger partial charge in [0.15, 0.2) is 11.5 Å². The first-order valence-electron chi connectivity index (χ1n) is 5.71. The van der Waals surface area contributed by atoms with E-state index in [1.807, 2.05) is 6.07 Å². The molecule has 0 unspecified atom stereocenters. The van der Waals surface area contributed by atoms with Gasteiger partial charge in [0.1, 0.15) is 10.3 Å². The quantitative estimate of drug-likeness (QED) is 0.747. The first-order valence-corrected chi connectivity index (χ1v) is 6.46. The van der Waals surface area contributed by atoms with Gasteiger partial charge in [-0.2, -0.15) is 0 Å². The number of hydrogen-bond donors (Lipinski definition) is 0. The zero-order chi connectivity index (χ0) is 11.8. The fourth-order valence-corrected chi connectivity index (χ4v) is 2.65. The molecule has 90 valence electrons. The number of rotatable bonds is 1. The highest BCUT2D eigenvalue weighted by Gasteiger charge is 2.15. The van der Waals surface area contributed by atoms with Crippen molar-refractivity contribution in [1.29, 1.82) is 0 Å². The maximum Gasteiger partial charge on any atom is 0.160 e. The first kappa shape index (κ1) is 11.1. The predicted molar refractivity (Wildman–Crippen MR) is 69.1 cm³/mol. The van der Waals surface area contributed by atoms with Gasteiger partial charge in [0, 0.05) is 25.2 Å². The van der Waals surface area contributed by atoms with E-state index in [9.17, 15) is 0 Å². The van der Waals surface area contributed by atoms with Crippen LogP contribution in [0.5, 0.6) is 0 Å². The van der Waals surface area contributed by atoms with E-state index in [2.05, 4.69) is 15.0 Å². The second-order valence-electron chi connectivity index (χ2n) is 4.22. The third-order valence-electron chi connectivity index (χ3n) is 3.02. The molecule has 0 radical (unpaired) electrons. The summed E-state index contributed by atoms with van der Waals surface area (Å²) in [5.74, 6) is 0.932. The van der Waals surface area contributed by atoms with Crippen molar-refractivity contribution in [2.75, 3.05) is 18.0 Å². The molecule has 0 saturated carbocycles. The normalized spacial score (nSPS) is 16.7. The number of piperidine rings is 1. The largest absolute Gasteiger partial charge is 0.355 e. The summed E-state index contributed by atoms with van der Waals surface area (Å²) in [5.41, 5.74) is 0.697. The van der Waals surface area contributed by atoms with Crippen LogP contribution < -0.4 is 4.90 Å². The molecule has 1 aliphatic rings. The van der Waals surface area contributed by atoms with E-state index in [1.165, 1.54) is 19.3 Å². The molecule has 0 bridgehead atoms. The van der Waals surface area contributed by atoms with Gasteiger partial charge in [-0.1, -0.05) is 23.2 Å². The molecule has 0 spiro atoms. The van der Waals surface area contributed by atoms with E-state index >= 15 is 0 Å². The average molecular weight is 271 g/mol. The Hall–Kier alpha value is -1.00. The van der Waals surface area contributed by atoms with E-state index in [4.69, 9.17) is 23.2 Å². The second-order valence-corrected chi connectivity index (χ2v) is 5.00. The molecule has 2 aromatic rings. The minimum atomic E-state index is 0.396. The molecule has 1 saturated heterocycles. The van der Waals surface area contributed by atoms with Crippen LogP contribution >= 0.6 is 23.2 Å². The molecule has 3 rings (SSSR count). The fraction of sp³-hybridized carbons (Fsp3) is 0.455. The Balaban J connectivity index is 2.03. The predicted octanol–water partition coefficient (Wildman–Crippen LogP) is 3.03. The van der Waals surface area contributed by atoms with Gasteiger partial charge in [-0.15, -0.1) is 5.10 Å². The lowest BCUT2D eigenvalue weighted by Gasteiger charge is -2.26. The minimum Gasteiger partial charge on any atom is -0.355 e. The molecule has 0 N–H and O–H groups in total. The summed E-state index contributed by atoms with van der Waals surface area (Å²) in [5, 5.41) is 5.35. The molecule has 6 heteroatoms. The van der Waals surface area contributed by atoms with Gasteiger partial charge >= 0.3 is 0 Å². The molecule has 0 amide bonds. The van der Waals surface area contributed by atoms with E-state index < -0.39 is 0 Å². The molecule has 17 heavy (non-hydrogen) atoms. The van der Waals surface area contributed by atoms with Crippen molar-refractivity contribution >= 4 is 34.7 Å². The van der Waals surface area contributed by atoms with E-state index in [0.29, 0.717) is 16.0 Å². The van der Waals surface area contributed by atoms with Crippen LogP contribution in [0.4, 0.5) is 5.82 Å². The van der Waals surface area contributed by atoms with Crippen LogP contribution in [-0.2, 0) is 0 Å². The lowest BCUT2D eigenvalue weighted by atomic mass is 10.1. The van der Waals surface area contributed by atoms with Crippen LogP contribution in [0.1, 0.15) is 19.3 Å². The van der Waals surface area contributed by atoms with Crippen LogP contribution in [0, 0.1) is 0 Å². The Bertz CT molecular complexity index is 546. The summed E-state index contributed by atoms with van der Waals surface area (Å²) in [7, 11) is 0.